The number of benzene rings is 1. The summed E-state index contributed by atoms with van der Waals surface area (Å²) in [7, 11) is 0. The molecule has 0 spiro atoms. The summed E-state index contributed by atoms with van der Waals surface area (Å²) in [6, 6.07) is 6.06. The highest BCUT2D eigenvalue weighted by molar-refractivity contribution is 5.91. The zero-order valence-electron chi connectivity index (χ0n) is 10.3. The Balaban J connectivity index is 1.78. The topological polar surface area (TPSA) is 57.8 Å². The van der Waals surface area contributed by atoms with Gasteiger partial charge in [-0.15, -0.1) is 0 Å². The Bertz CT molecular complexity index is 564. The van der Waals surface area contributed by atoms with Crippen molar-refractivity contribution in [2.75, 3.05) is 6.54 Å². The van der Waals surface area contributed by atoms with Crippen molar-refractivity contribution in [3.63, 3.8) is 0 Å². The minimum atomic E-state index is -0.319. The molecule has 1 heterocycles. The molecular formula is C14H14FN3O. The van der Waals surface area contributed by atoms with Crippen LogP contribution < -0.4 is 5.32 Å². The van der Waals surface area contributed by atoms with Crippen molar-refractivity contribution >= 4 is 12.0 Å². The smallest absolute Gasteiger partial charge is 0.244 e. The predicted octanol–water partition coefficient (Wildman–Crippen LogP) is 1.92. The van der Waals surface area contributed by atoms with Crippen molar-refractivity contribution in [1.29, 1.82) is 0 Å². The molecule has 0 unspecified atom stereocenters. The molecule has 0 radical (unpaired) electrons. The van der Waals surface area contributed by atoms with Gasteiger partial charge in [0.15, 0.2) is 0 Å². The minimum Gasteiger partial charge on any atom is -0.352 e. The number of imidazole rings is 1. The van der Waals surface area contributed by atoms with Gasteiger partial charge in [0.05, 0.1) is 0 Å². The van der Waals surface area contributed by atoms with Gasteiger partial charge in [-0.2, -0.15) is 0 Å². The second-order valence-electron chi connectivity index (χ2n) is 3.97. The first kappa shape index (κ1) is 13.0. The largest absolute Gasteiger partial charge is 0.352 e. The summed E-state index contributed by atoms with van der Waals surface area (Å²) in [6.45, 7) is 0.500. The quantitative estimate of drug-likeness (QED) is 0.806. The number of nitrogens with zero attached hydrogens (tertiary/aromatic N) is 1. The van der Waals surface area contributed by atoms with E-state index < -0.39 is 0 Å². The predicted molar refractivity (Wildman–Crippen MR) is 70.7 cm³/mol. The van der Waals surface area contributed by atoms with Crippen LogP contribution in [0.2, 0.25) is 0 Å². The van der Waals surface area contributed by atoms with Gasteiger partial charge in [0.2, 0.25) is 5.91 Å². The van der Waals surface area contributed by atoms with Crippen molar-refractivity contribution in [1.82, 2.24) is 15.3 Å². The van der Waals surface area contributed by atoms with Crippen LogP contribution in [-0.2, 0) is 11.2 Å². The van der Waals surface area contributed by atoms with Crippen LogP contribution >= 0.6 is 0 Å². The number of aromatic nitrogens is 2. The molecule has 4 nitrogen and oxygen atoms in total. The van der Waals surface area contributed by atoms with E-state index in [4.69, 9.17) is 0 Å². The Hall–Kier alpha value is -2.43. The molecule has 98 valence electrons. The van der Waals surface area contributed by atoms with E-state index in [9.17, 15) is 9.18 Å². The third-order valence-electron chi connectivity index (χ3n) is 2.49. The van der Waals surface area contributed by atoms with Gasteiger partial charge in [-0.25, -0.2) is 9.37 Å². The number of hydrogen-bond acceptors (Lipinski definition) is 2. The minimum absolute atomic E-state index is 0.212. The van der Waals surface area contributed by atoms with Crippen LogP contribution in [0.1, 0.15) is 11.4 Å². The van der Waals surface area contributed by atoms with Crippen LogP contribution in [0.4, 0.5) is 4.39 Å². The molecule has 0 saturated heterocycles. The highest BCUT2D eigenvalue weighted by Crippen LogP contribution is 2.04. The molecule has 0 aliphatic rings. The highest BCUT2D eigenvalue weighted by Gasteiger charge is 1.98. The monoisotopic (exact) mass is 259 g/mol. The fourth-order valence-electron chi connectivity index (χ4n) is 1.58. The lowest BCUT2D eigenvalue weighted by Gasteiger charge is -2.00. The number of carbonyl (C=O) groups excluding carboxylic acids is 1. The number of amides is 1. The lowest BCUT2D eigenvalue weighted by molar-refractivity contribution is -0.116. The number of H-pyrrole nitrogens is 1. The third-order valence-corrected chi connectivity index (χ3v) is 2.49. The Morgan fingerprint density at radius 1 is 1.47 bits per heavy atom. The fraction of sp³-hybridized carbons (Fsp3) is 0.143. The summed E-state index contributed by atoms with van der Waals surface area (Å²) in [5, 5.41) is 2.73. The molecule has 19 heavy (non-hydrogen) atoms. The first-order valence-corrected chi connectivity index (χ1v) is 5.94. The van der Waals surface area contributed by atoms with Gasteiger partial charge in [-0.05, 0) is 23.8 Å². The van der Waals surface area contributed by atoms with Crippen molar-refractivity contribution in [3.05, 3.63) is 59.9 Å². The number of rotatable bonds is 5. The molecule has 0 aliphatic heterocycles. The van der Waals surface area contributed by atoms with Crippen LogP contribution in [0.3, 0.4) is 0 Å². The number of hydrogen-bond donors (Lipinski definition) is 2. The van der Waals surface area contributed by atoms with E-state index in [0.29, 0.717) is 18.5 Å². The zero-order chi connectivity index (χ0) is 13.5. The number of aromatic amines is 1. The Morgan fingerprint density at radius 3 is 3.11 bits per heavy atom. The lowest BCUT2D eigenvalue weighted by atomic mass is 10.2. The second kappa shape index (κ2) is 6.49. The molecule has 1 aromatic heterocycles. The molecule has 2 N–H and O–H groups in total. The molecule has 0 atom stereocenters. The second-order valence-corrected chi connectivity index (χ2v) is 3.97. The van der Waals surface area contributed by atoms with Crippen LogP contribution in [0, 0.1) is 5.82 Å². The number of carbonyl (C=O) groups is 1. The molecule has 1 amide bonds. The Kier molecular flexibility index (Phi) is 4.44. The van der Waals surface area contributed by atoms with E-state index in [0.717, 1.165) is 5.82 Å². The summed E-state index contributed by atoms with van der Waals surface area (Å²) in [4.78, 5) is 18.5. The molecule has 0 saturated carbocycles. The average molecular weight is 259 g/mol. The first-order chi connectivity index (χ1) is 9.24. The van der Waals surface area contributed by atoms with Crippen molar-refractivity contribution in [2.45, 2.75) is 6.42 Å². The van der Waals surface area contributed by atoms with E-state index in [-0.39, 0.29) is 11.7 Å². The van der Waals surface area contributed by atoms with Crippen molar-refractivity contribution in [2.24, 2.45) is 0 Å². The van der Waals surface area contributed by atoms with E-state index >= 15 is 0 Å². The average Bonchev–Trinajstić information content (AvgIpc) is 2.90. The first-order valence-electron chi connectivity index (χ1n) is 5.94. The number of nitrogens with one attached hydrogen (secondary N) is 2. The maximum atomic E-state index is 12.9. The van der Waals surface area contributed by atoms with Gasteiger partial charge in [0.25, 0.3) is 0 Å². The van der Waals surface area contributed by atoms with Crippen molar-refractivity contribution < 1.29 is 9.18 Å². The maximum absolute atomic E-state index is 12.9. The van der Waals surface area contributed by atoms with Gasteiger partial charge in [0, 0.05) is 31.4 Å². The van der Waals surface area contributed by atoms with Gasteiger partial charge in [0.1, 0.15) is 11.6 Å². The van der Waals surface area contributed by atoms with E-state index in [1.54, 1.807) is 30.6 Å². The summed E-state index contributed by atoms with van der Waals surface area (Å²) >= 11 is 0. The summed E-state index contributed by atoms with van der Waals surface area (Å²) in [5.41, 5.74) is 0.654. The third kappa shape index (κ3) is 4.39. The fourth-order valence-corrected chi connectivity index (χ4v) is 1.58. The van der Waals surface area contributed by atoms with Gasteiger partial charge >= 0.3 is 0 Å². The maximum Gasteiger partial charge on any atom is 0.244 e. The number of halogens is 1. The normalized spacial score (nSPS) is 10.8. The zero-order valence-corrected chi connectivity index (χ0v) is 10.3. The molecule has 0 bridgehead atoms. The summed E-state index contributed by atoms with van der Waals surface area (Å²) < 4.78 is 12.9. The lowest BCUT2D eigenvalue weighted by Crippen LogP contribution is -2.23. The van der Waals surface area contributed by atoms with Gasteiger partial charge in [-0.3, -0.25) is 4.79 Å². The molecule has 1 aromatic carbocycles. The van der Waals surface area contributed by atoms with Crippen LogP contribution in [0.15, 0.2) is 42.7 Å². The van der Waals surface area contributed by atoms with Crippen LogP contribution in [-0.4, -0.2) is 22.4 Å². The van der Waals surface area contributed by atoms with Gasteiger partial charge in [-0.1, -0.05) is 12.1 Å². The van der Waals surface area contributed by atoms with Crippen LogP contribution in [0.25, 0.3) is 6.08 Å². The molecular weight excluding hydrogens is 245 g/mol. The molecule has 2 rings (SSSR count). The van der Waals surface area contributed by atoms with Crippen LogP contribution in [0.5, 0.6) is 0 Å². The standard InChI is InChI=1S/C14H14FN3O/c15-12-3-1-2-11(10-12)4-5-14(19)18-7-6-13-16-8-9-17-13/h1-5,8-10H,6-7H2,(H,16,17)(H,18,19)/b5-4+. The van der Waals surface area contributed by atoms with E-state index in [1.807, 2.05) is 0 Å². The van der Waals surface area contributed by atoms with Gasteiger partial charge < -0.3 is 10.3 Å². The molecule has 2 aromatic rings. The van der Waals surface area contributed by atoms with E-state index in [1.165, 1.54) is 18.2 Å². The summed E-state index contributed by atoms with van der Waals surface area (Å²) in [6.07, 6.45) is 7.01. The molecule has 5 heteroatoms. The molecule has 0 fully saturated rings. The Morgan fingerprint density at radius 2 is 2.37 bits per heavy atom. The summed E-state index contributed by atoms with van der Waals surface area (Å²) in [5.74, 6) is 0.297. The Labute approximate surface area is 110 Å². The van der Waals surface area contributed by atoms with Crippen molar-refractivity contribution in [3.8, 4) is 0 Å². The SMILES string of the molecule is O=C(/C=C/c1cccc(F)c1)NCCc1ncc[nH]1. The van der Waals surface area contributed by atoms with E-state index in [2.05, 4.69) is 15.3 Å². The molecule has 0 aliphatic carbocycles. The highest BCUT2D eigenvalue weighted by atomic mass is 19.1.